The minimum absolute atomic E-state index is 0.0674. The Bertz CT molecular complexity index is 1600. The Morgan fingerprint density at radius 2 is 1.94 bits per heavy atom. The molecule has 1 aromatic carbocycles. The molecule has 0 saturated heterocycles. The molecule has 296 valence electrons. The summed E-state index contributed by atoms with van der Waals surface area (Å²) in [5, 5.41) is 24.4. The van der Waals surface area contributed by atoms with Gasteiger partial charge in [0.1, 0.15) is 37.4 Å². The van der Waals surface area contributed by atoms with Gasteiger partial charge in [-0.1, -0.05) is 43.1 Å². The van der Waals surface area contributed by atoms with E-state index in [2.05, 4.69) is 23.7 Å². The van der Waals surface area contributed by atoms with Crippen LogP contribution in [0.1, 0.15) is 88.1 Å². The van der Waals surface area contributed by atoms with E-state index in [9.17, 15) is 15.0 Å². The number of aryl methyl sites for hydroxylation is 1. The number of nitrogens with zero attached hydrogens (tertiary/aromatic N) is 3. The fourth-order valence-electron chi connectivity index (χ4n) is 8.54. The molecule has 0 radical (unpaired) electrons. The number of hydrogen-bond donors (Lipinski definition) is 2. The predicted molar refractivity (Wildman–Crippen MR) is 209 cm³/mol. The Morgan fingerprint density at radius 1 is 1.15 bits per heavy atom. The van der Waals surface area contributed by atoms with Crippen LogP contribution in [0.4, 0.5) is 4.79 Å². The van der Waals surface area contributed by atoms with Crippen molar-refractivity contribution in [2.75, 3.05) is 45.5 Å². The van der Waals surface area contributed by atoms with Crippen LogP contribution in [-0.2, 0) is 20.9 Å². The minimum Gasteiger partial charge on any atom is -0.487 e. The largest absolute Gasteiger partial charge is 0.487 e. The van der Waals surface area contributed by atoms with Gasteiger partial charge in [0.15, 0.2) is 0 Å². The van der Waals surface area contributed by atoms with Gasteiger partial charge in [0, 0.05) is 43.4 Å². The number of allylic oxidation sites excluding steroid dienone is 1. The number of hydrogen-bond acceptors (Lipinski definition) is 10. The lowest BCUT2D eigenvalue weighted by Crippen LogP contribution is -2.70. The van der Waals surface area contributed by atoms with Gasteiger partial charge in [-0.2, -0.15) is 0 Å². The van der Waals surface area contributed by atoms with Crippen LogP contribution in [0.25, 0.3) is 0 Å². The van der Waals surface area contributed by atoms with Gasteiger partial charge in [0.05, 0.1) is 29.8 Å². The van der Waals surface area contributed by atoms with Crippen molar-refractivity contribution in [3.63, 3.8) is 0 Å². The molecule has 54 heavy (non-hydrogen) atoms. The first-order valence-corrected chi connectivity index (χ1v) is 20.1. The number of aromatic nitrogens is 1. The van der Waals surface area contributed by atoms with E-state index in [0.717, 1.165) is 53.9 Å². The number of pyridine rings is 1. The molecule has 0 bridgehead atoms. The molecular formula is C42H58ClN3O8. The second-order valence-corrected chi connectivity index (χ2v) is 14.6. The van der Waals surface area contributed by atoms with E-state index in [1.54, 1.807) is 11.0 Å². The normalized spacial score (nSPS) is 24.8. The molecule has 1 amide bonds. The maximum atomic E-state index is 13.9. The van der Waals surface area contributed by atoms with E-state index in [0.29, 0.717) is 56.9 Å². The summed E-state index contributed by atoms with van der Waals surface area (Å²) < 4.78 is 26.3. The average Bonchev–Trinajstić information content (AvgIpc) is 3.18. The predicted octanol–water partition coefficient (Wildman–Crippen LogP) is 7.71. The van der Waals surface area contributed by atoms with E-state index in [-0.39, 0.29) is 50.1 Å². The molecule has 5 rings (SSSR count). The molecule has 2 aliphatic carbocycles. The second kappa shape index (κ2) is 20.3. The molecule has 1 saturated carbocycles. The van der Waals surface area contributed by atoms with Crippen molar-refractivity contribution in [3.05, 3.63) is 77.7 Å². The molecule has 1 aliphatic heterocycles. The maximum Gasteiger partial charge on any atom is 0.410 e. The molecule has 1 fully saturated rings. The third-order valence-electron chi connectivity index (χ3n) is 10.7. The monoisotopic (exact) mass is 767 g/mol. The van der Waals surface area contributed by atoms with Crippen molar-refractivity contribution in [2.24, 2.45) is 22.9 Å². The molecule has 0 spiro atoms. The molecule has 2 heterocycles. The van der Waals surface area contributed by atoms with Crippen LogP contribution in [0.5, 0.6) is 11.5 Å². The number of alkyl halides is 1. The highest BCUT2D eigenvalue weighted by atomic mass is 35.5. The summed E-state index contributed by atoms with van der Waals surface area (Å²) >= 11 is 5.98. The summed E-state index contributed by atoms with van der Waals surface area (Å²) in [5.41, 5.74) is 4.46. The second-order valence-electron chi connectivity index (χ2n) is 14.2. The molecular weight excluding hydrogens is 710 g/mol. The van der Waals surface area contributed by atoms with Crippen molar-refractivity contribution >= 4 is 23.4 Å². The number of halogens is 1. The fourth-order valence-corrected chi connectivity index (χ4v) is 8.62. The SMILES string of the molecule is C=CCOC12Oc3ccc(OCc4cccc(C)n4)cc3C3C(CCCCO)C(CCCCO)C=C(C(=NOCC)CC1N(CCC)C(=O)OCCCl)C32. The molecule has 2 N–H and O–H groups in total. The van der Waals surface area contributed by atoms with E-state index in [4.69, 9.17) is 40.5 Å². The lowest BCUT2D eigenvalue weighted by molar-refractivity contribution is -0.255. The summed E-state index contributed by atoms with van der Waals surface area (Å²) in [6.45, 7) is 11.4. The summed E-state index contributed by atoms with van der Waals surface area (Å²) in [4.78, 5) is 26.1. The van der Waals surface area contributed by atoms with Crippen LogP contribution >= 0.6 is 11.6 Å². The maximum absolute atomic E-state index is 13.9. The number of aliphatic hydroxyl groups is 2. The number of oxime groups is 1. The highest BCUT2D eigenvalue weighted by Gasteiger charge is 2.65. The minimum atomic E-state index is -1.35. The standard InChI is InChI=1S/C42H58ClN3O8/c1-5-20-46(41(49)50-24-19-43)38-27-36(45-53-7-3)34-25-30(14-8-10-21-47)33(16-9-11-22-48)39-35-26-32(51-28-31-15-12-13-29(4)44-31)17-18-37(35)54-42(38,40(34)39)52-23-6-2/h6,12-13,15,17-18,25-26,30,33,38-40,47-48H,2,5,7-11,14,16,19-24,27-28H2,1,3-4H3. The lowest BCUT2D eigenvalue weighted by Gasteiger charge is -2.59. The molecule has 3 aliphatic rings. The zero-order valence-corrected chi connectivity index (χ0v) is 32.8. The number of aliphatic hydroxyl groups excluding tert-OH is 2. The summed E-state index contributed by atoms with van der Waals surface area (Å²) in [7, 11) is 0. The van der Waals surface area contributed by atoms with Crippen LogP contribution in [0, 0.1) is 24.7 Å². The van der Waals surface area contributed by atoms with Gasteiger partial charge >= 0.3 is 6.09 Å². The highest BCUT2D eigenvalue weighted by molar-refractivity contribution is 6.18. The van der Waals surface area contributed by atoms with Gasteiger partial charge < -0.3 is 34.0 Å². The number of carbonyl (C=O) groups excluding carboxylic acids is 1. The number of unbranched alkanes of at least 4 members (excludes halogenated alkanes) is 2. The lowest BCUT2D eigenvalue weighted by atomic mass is 9.55. The average molecular weight is 768 g/mol. The van der Waals surface area contributed by atoms with E-state index in [1.807, 2.05) is 51.1 Å². The van der Waals surface area contributed by atoms with Crippen molar-refractivity contribution in [3.8, 4) is 11.5 Å². The Balaban J connectivity index is 1.73. The topological polar surface area (TPSA) is 132 Å². The molecule has 11 nitrogen and oxygen atoms in total. The van der Waals surface area contributed by atoms with Crippen molar-refractivity contribution in [1.29, 1.82) is 0 Å². The summed E-state index contributed by atoms with van der Waals surface area (Å²) in [6.07, 6.45) is 9.27. The summed E-state index contributed by atoms with van der Waals surface area (Å²) in [5.74, 6) is -0.179. The van der Waals surface area contributed by atoms with Crippen LogP contribution in [0.2, 0.25) is 0 Å². The van der Waals surface area contributed by atoms with Gasteiger partial charge in [-0.05, 0) is 93.7 Å². The number of benzene rings is 1. The van der Waals surface area contributed by atoms with Crippen LogP contribution < -0.4 is 9.47 Å². The summed E-state index contributed by atoms with van der Waals surface area (Å²) in [6, 6.07) is 11.2. The van der Waals surface area contributed by atoms with Crippen molar-refractivity contribution < 1.29 is 38.8 Å². The van der Waals surface area contributed by atoms with E-state index in [1.165, 1.54) is 0 Å². The Labute approximate surface area is 325 Å². The third kappa shape index (κ3) is 9.41. The van der Waals surface area contributed by atoms with Gasteiger partial charge in [-0.25, -0.2) is 4.79 Å². The van der Waals surface area contributed by atoms with Crippen LogP contribution in [0.3, 0.4) is 0 Å². The Hall–Kier alpha value is -3.64. The Kier molecular flexibility index (Phi) is 15.6. The molecule has 6 unspecified atom stereocenters. The quantitative estimate of drug-likeness (QED) is 0.0568. The zero-order valence-electron chi connectivity index (χ0n) is 32.1. The van der Waals surface area contributed by atoms with E-state index < -0.39 is 23.8 Å². The van der Waals surface area contributed by atoms with Gasteiger partial charge in [0.25, 0.3) is 0 Å². The molecule has 6 atom stereocenters. The van der Waals surface area contributed by atoms with Crippen molar-refractivity contribution in [1.82, 2.24) is 9.88 Å². The number of ether oxygens (including phenoxy) is 4. The smallest absolute Gasteiger partial charge is 0.410 e. The first kappa shape index (κ1) is 41.5. The molecule has 1 aromatic heterocycles. The third-order valence-corrected chi connectivity index (χ3v) is 10.8. The molecule has 2 aromatic rings. The first-order chi connectivity index (χ1) is 26.3. The van der Waals surface area contributed by atoms with Gasteiger partial charge in [0.2, 0.25) is 5.79 Å². The number of rotatable bonds is 21. The first-order valence-electron chi connectivity index (χ1n) is 19.6. The highest BCUT2D eigenvalue weighted by Crippen LogP contribution is 2.62. The number of amides is 1. The van der Waals surface area contributed by atoms with Gasteiger partial charge in [-0.3, -0.25) is 9.88 Å². The van der Waals surface area contributed by atoms with Gasteiger partial charge in [-0.15, -0.1) is 18.2 Å². The fraction of sp³-hybridized carbons (Fsp3) is 0.595. The number of fused-ring (bicyclic) bond motifs is 2. The number of carbonyl (C=O) groups is 1. The van der Waals surface area contributed by atoms with Crippen LogP contribution in [0.15, 0.2) is 65.9 Å². The zero-order chi connectivity index (χ0) is 38.5. The van der Waals surface area contributed by atoms with Crippen molar-refractivity contribution in [2.45, 2.75) is 96.5 Å². The van der Waals surface area contributed by atoms with Crippen LogP contribution in [-0.4, -0.2) is 89.2 Å². The molecule has 12 heteroatoms. The Morgan fingerprint density at radius 3 is 2.65 bits per heavy atom. The van der Waals surface area contributed by atoms with E-state index >= 15 is 0 Å².